The van der Waals surface area contributed by atoms with Crippen molar-refractivity contribution in [1.82, 2.24) is 0 Å². The zero-order valence-corrected chi connectivity index (χ0v) is 19.0. The lowest BCUT2D eigenvalue weighted by Gasteiger charge is -2.18. The van der Waals surface area contributed by atoms with Gasteiger partial charge in [0.25, 0.3) is 11.6 Å². The number of anilines is 2. The van der Waals surface area contributed by atoms with Crippen molar-refractivity contribution in [1.29, 1.82) is 0 Å². The predicted molar refractivity (Wildman–Crippen MR) is 118 cm³/mol. The molecule has 1 aromatic heterocycles. The molecule has 10 heteroatoms. The average Bonchev–Trinajstić information content (AvgIpc) is 2.94. The van der Waals surface area contributed by atoms with Gasteiger partial charge in [-0.1, -0.05) is 32.9 Å². The zero-order valence-electron chi connectivity index (χ0n) is 18.2. The lowest BCUT2D eigenvalue weighted by molar-refractivity contribution is -0.383. The fourth-order valence-electron chi connectivity index (χ4n) is 2.50. The molecule has 1 unspecified atom stereocenters. The van der Waals surface area contributed by atoms with Gasteiger partial charge in [-0.3, -0.25) is 19.7 Å². The van der Waals surface area contributed by atoms with E-state index < -0.39 is 28.3 Å². The lowest BCUT2D eigenvalue weighted by atomic mass is 9.96. The molecule has 166 valence electrons. The van der Waals surface area contributed by atoms with Crippen LogP contribution in [0.1, 0.15) is 48.5 Å². The number of nitro groups is 1. The maximum Gasteiger partial charge on any atom is 0.342 e. The fraction of sp³-hybridized carbons (Fsp3) is 0.381. The molecule has 1 heterocycles. The Morgan fingerprint density at radius 3 is 2.32 bits per heavy atom. The van der Waals surface area contributed by atoms with Gasteiger partial charge in [0.05, 0.1) is 10.5 Å². The van der Waals surface area contributed by atoms with Gasteiger partial charge in [-0.2, -0.15) is 0 Å². The van der Waals surface area contributed by atoms with Gasteiger partial charge < -0.3 is 15.4 Å². The number of para-hydroxylation sites is 2. The van der Waals surface area contributed by atoms with Gasteiger partial charge in [-0.25, -0.2) is 4.79 Å². The highest BCUT2D eigenvalue weighted by atomic mass is 32.1. The van der Waals surface area contributed by atoms with Crippen molar-refractivity contribution in [3.63, 3.8) is 0 Å². The molecular weight excluding hydrogens is 422 g/mol. The van der Waals surface area contributed by atoms with Crippen LogP contribution in [0.3, 0.4) is 0 Å². The molecule has 0 saturated heterocycles. The van der Waals surface area contributed by atoms with Gasteiger partial charge in [0.1, 0.15) is 10.7 Å². The smallest absolute Gasteiger partial charge is 0.342 e. The second kappa shape index (κ2) is 9.25. The first-order chi connectivity index (χ1) is 14.3. The second-order valence-electron chi connectivity index (χ2n) is 8.00. The van der Waals surface area contributed by atoms with Crippen molar-refractivity contribution in [3.8, 4) is 0 Å². The number of hydrogen-bond donors (Lipinski definition) is 2. The first-order valence-electron chi connectivity index (χ1n) is 9.49. The molecule has 2 N–H and O–H groups in total. The third-order valence-corrected chi connectivity index (χ3v) is 5.63. The van der Waals surface area contributed by atoms with E-state index in [1.165, 1.54) is 36.5 Å². The van der Waals surface area contributed by atoms with E-state index in [0.29, 0.717) is 10.6 Å². The van der Waals surface area contributed by atoms with Crippen molar-refractivity contribution in [2.45, 2.75) is 47.6 Å². The first kappa shape index (κ1) is 24.0. The number of rotatable bonds is 6. The SMILES string of the molecule is Cc1sc(NC(=O)C(C)(C)C)c(C(=O)OC(C)C(=O)Nc2ccccc2[N+](=O)[O-])c1C. The molecule has 0 spiro atoms. The molecule has 0 aliphatic rings. The highest BCUT2D eigenvalue weighted by Crippen LogP contribution is 2.34. The minimum atomic E-state index is -1.22. The molecule has 0 radical (unpaired) electrons. The summed E-state index contributed by atoms with van der Waals surface area (Å²) in [5.74, 6) is -1.74. The topological polar surface area (TPSA) is 128 Å². The highest BCUT2D eigenvalue weighted by Gasteiger charge is 2.29. The van der Waals surface area contributed by atoms with E-state index in [2.05, 4.69) is 10.6 Å². The number of amides is 2. The van der Waals surface area contributed by atoms with E-state index >= 15 is 0 Å². The Kier molecular flexibility index (Phi) is 7.17. The van der Waals surface area contributed by atoms with E-state index in [-0.39, 0.29) is 22.8 Å². The Hall–Kier alpha value is -3.27. The summed E-state index contributed by atoms with van der Waals surface area (Å²) in [7, 11) is 0. The minimum Gasteiger partial charge on any atom is -0.449 e. The monoisotopic (exact) mass is 447 g/mol. The molecule has 9 nitrogen and oxygen atoms in total. The number of carbonyl (C=O) groups excluding carboxylic acids is 3. The number of nitrogens with one attached hydrogen (secondary N) is 2. The van der Waals surface area contributed by atoms with Crippen LogP contribution in [0.5, 0.6) is 0 Å². The van der Waals surface area contributed by atoms with Gasteiger partial charge >= 0.3 is 5.97 Å². The number of nitrogens with zero attached hydrogens (tertiary/aromatic N) is 1. The maximum absolute atomic E-state index is 12.8. The number of thiophene rings is 1. The van der Waals surface area contributed by atoms with Gasteiger partial charge in [0.15, 0.2) is 6.10 Å². The van der Waals surface area contributed by atoms with E-state index in [9.17, 15) is 24.5 Å². The van der Waals surface area contributed by atoms with Crippen molar-refractivity contribution >= 4 is 45.5 Å². The van der Waals surface area contributed by atoms with Crippen LogP contribution in [0.2, 0.25) is 0 Å². The Bertz CT molecular complexity index is 1040. The molecule has 31 heavy (non-hydrogen) atoms. The molecule has 0 fully saturated rings. The summed E-state index contributed by atoms with van der Waals surface area (Å²) in [5.41, 5.74) is -0.104. The molecule has 1 aromatic carbocycles. The van der Waals surface area contributed by atoms with E-state index in [0.717, 1.165) is 4.88 Å². The summed E-state index contributed by atoms with van der Waals surface area (Å²) in [5, 5.41) is 16.6. The van der Waals surface area contributed by atoms with Crippen molar-refractivity contribution in [2.75, 3.05) is 10.6 Å². The van der Waals surface area contributed by atoms with Crippen molar-refractivity contribution in [3.05, 3.63) is 50.4 Å². The molecule has 1 atom stereocenters. The number of ether oxygens (including phenoxy) is 1. The van der Waals surface area contributed by atoms with Crippen LogP contribution in [0.15, 0.2) is 24.3 Å². The predicted octanol–water partition coefficient (Wildman–Crippen LogP) is 4.44. The number of benzene rings is 1. The molecule has 0 aliphatic carbocycles. The Morgan fingerprint density at radius 1 is 1.13 bits per heavy atom. The van der Waals surface area contributed by atoms with Gasteiger partial charge in [-0.15, -0.1) is 11.3 Å². The van der Waals surface area contributed by atoms with Crippen LogP contribution < -0.4 is 10.6 Å². The average molecular weight is 448 g/mol. The van der Waals surface area contributed by atoms with Crippen molar-refractivity contribution < 1.29 is 24.0 Å². The highest BCUT2D eigenvalue weighted by molar-refractivity contribution is 7.16. The van der Waals surface area contributed by atoms with Crippen LogP contribution >= 0.6 is 11.3 Å². The van der Waals surface area contributed by atoms with Gasteiger partial charge in [0, 0.05) is 16.4 Å². The summed E-state index contributed by atoms with van der Waals surface area (Å²) < 4.78 is 5.31. The zero-order chi connectivity index (χ0) is 23.5. The summed E-state index contributed by atoms with van der Waals surface area (Å²) in [6.45, 7) is 10.2. The van der Waals surface area contributed by atoms with E-state index in [1.54, 1.807) is 33.8 Å². The van der Waals surface area contributed by atoms with Gasteiger partial charge in [0.2, 0.25) is 5.91 Å². The van der Waals surface area contributed by atoms with Gasteiger partial charge in [-0.05, 0) is 32.4 Å². The van der Waals surface area contributed by atoms with Crippen molar-refractivity contribution in [2.24, 2.45) is 5.41 Å². The molecule has 2 amide bonds. The standard InChI is InChI=1S/C21H25N3O6S/c1-11-13(3)31-18(23-20(27)21(4,5)6)16(11)19(26)30-12(2)17(25)22-14-9-7-8-10-15(14)24(28)29/h7-10,12H,1-6H3,(H,22,25)(H,23,27). The molecule has 0 saturated carbocycles. The number of aryl methyl sites for hydroxylation is 1. The summed E-state index contributed by atoms with van der Waals surface area (Å²) in [6, 6.07) is 5.67. The Morgan fingerprint density at radius 2 is 1.74 bits per heavy atom. The maximum atomic E-state index is 12.8. The third-order valence-electron chi connectivity index (χ3n) is 4.51. The molecule has 2 rings (SSSR count). The number of carbonyl (C=O) groups is 3. The second-order valence-corrected chi connectivity index (χ2v) is 9.23. The third kappa shape index (κ3) is 5.66. The largest absolute Gasteiger partial charge is 0.449 e. The lowest BCUT2D eigenvalue weighted by Crippen LogP contribution is -2.31. The van der Waals surface area contributed by atoms with Crippen LogP contribution in [0, 0.1) is 29.4 Å². The molecule has 0 bridgehead atoms. The molecule has 2 aromatic rings. The quantitative estimate of drug-likeness (QED) is 0.383. The first-order valence-corrected chi connectivity index (χ1v) is 10.3. The Balaban J connectivity index is 2.19. The fourth-order valence-corrected chi connectivity index (χ4v) is 3.54. The number of nitro benzene ring substituents is 1. The normalized spacial score (nSPS) is 12.1. The molecular formula is C21H25N3O6S. The molecule has 0 aliphatic heterocycles. The summed E-state index contributed by atoms with van der Waals surface area (Å²) in [6.07, 6.45) is -1.22. The van der Waals surface area contributed by atoms with Crippen LogP contribution in [0.25, 0.3) is 0 Å². The van der Waals surface area contributed by atoms with E-state index in [4.69, 9.17) is 4.74 Å². The van der Waals surface area contributed by atoms with E-state index in [1.807, 2.05) is 6.92 Å². The number of hydrogen-bond acceptors (Lipinski definition) is 7. The Labute approximate surface area is 183 Å². The summed E-state index contributed by atoms with van der Waals surface area (Å²) >= 11 is 1.25. The van der Waals surface area contributed by atoms with Crippen LogP contribution in [0.4, 0.5) is 16.4 Å². The van der Waals surface area contributed by atoms with Crippen LogP contribution in [-0.4, -0.2) is 28.8 Å². The number of esters is 1. The summed E-state index contributed by atoms with van der Waals surface area (Å²) in [4.78, 5) is 49.0. The van der Waals surface area contributed by atoms with Crippen LogP contribution in [-0.2, 0) is 14.3 Å². The minimum absolute atomic E-state index is 0.00101.